The Morgan fingerprint density at radius 3 is 2.87 bits per heavy atom. The van der Waals surface area contributed by atoms with Gasteiger partial charge < -0.3 is 5.32 Å². The molecule has 0 amide bonds. The van der Waals surface area contributed by atoms with E-state index in [2.05, 4.69) is 17.2 Å². The maximum Gasteiger partial charge on any atom is 0.128 e. The smallest absolute Gasteiger partial charge is 0.128 e. The lowest BCUT2D eigenvalue weighted by atomic mass is 10.1. The van der Waals surface area contributed by atoms with E-state index in [9.17, 15) is 4.39 Å². The highest BCUT2D eigenvalue weighted by Crippen LogP contribution is 2.09. The fourth-order valence-corrected chi connectivity index (χ4v) is 1.09. The maximum atomic E-state index is 13.3. The van der Waals surface area contributed by atoms with Crippen molar-refractivity contribution in [2.75, 3.05) is 13.6 Å². The third-order valence-corrected chi connectivity index (χ3v) is 1.82. The Morgan fingerprint density at radius 1 is 1.47 bits per heavy atom. The lowest BCUT2D eigenvalue weighted by molar-refractivity contribution is 0.615. The molecule has 15 heavy (non-hydrogen) atoms. The third-order valence-electron chi connectivity index (χ3n) is 1.82. The van der Waals surface area contributed by atoms with E-state index in [0.717, 1.165) is 0 Å². The van der Waals surface area contributed by atoms with Gasteiger partial charge in [0.05, 0.1) is 19.0 Å². The second-order valence-electron chi connectivity index (χ2n) is 2.97. The normalized spacial score (nSPS) is 8.87. The van der Waals surface area contributed by atoms with E-state index >= 15 is 0 Å². The summed E-state index contributed by atoms with van der Waals surface area (Å²) in [5, 5.41) is 11.3. The van der Waals surface area contributed by atoms with Crippen molar-refractivity contribution >= 4 is 0 Å². The highest BCUT2D eigenvalue weighted by atomic mass is 19.1. The van der Waals surface area contributed by atoms with Crippen LogP contribution in [0, 0.1) is 29.0 Å². The van der Waals surface area contributed by atoms with Gasteiger partial charge in [-0.05, 0) is 19.2 Å². The lowest BCUT2D eigenvalue weighted by Gasteiger charge is -1.97. The fourth-order valence-electron chi connectivity index (χ4n) is 1.09. The minimum absolute atomic E-state index is 0.0933. The van der Waals surface area contributed by atoms with Gasteiger partial charge in [-0.1, -0.05) is 17.9 Å². The summed E-state index contributed by atoms with van der Waals surface area (Å²) in [5.74, 6) is 5.29. The first-order valence-electron chi connectivity index (χ1n) is 4.56. The molecule has 76 valence electrons. The zero-order valence-corrected chi connectivity index (χ0v) is 8.47. The predicted octanol–water partition coefficient (Wildman–Crippen LogP) is 1.46. The molecule has 0 spiro atoms. The minimum atomic E-state index is -0.368. The van der Waals surface area contributed by atoms with Gasteiger partial charge in [0.1, 0.15) is 5.82 Å². The molecule has 1 aromatic rings. The van der Waals surface area contributed by atoms with Gasteiger partial charge >= 0.3 is 0 Å². The van der Waals surface area contributed by atoms with Gasteiger partial charge in [-0.3, -0.25) is 0 Å². The molecule has 0 aliphatic carbocycles. The molecule has 0 atom stereocenters. The van der Waals surface area contributed by atoms with Gasteiger partial charge in [0, 0.05) is 11.1 Å². The van der Waals surface area contributed by atoms with Crippen molar-refractivity contribution in [3.8, 4) is 17.9 Å². The molecular formula is C12H11FN2. The van der Waals surface area contributed by atoms with Crippen LogP contribution in [0.25, 0.3) is 0 Å². The van der Waals surface area contributed by atoms with E-state index in [1.54, 1.807) is 19.2 Å². The van der Waals surface area contributed by atoms with E-state index < -0.39 is 0 Å². The highest BCUT2D eigenvalue weighted by Gasteiger charge is 2.01. The van der Waals surface area contributed by atoms with Crippen LogP contribution in [0.5, 0.6) is 0 Å². The van der Waals surface area contributed by atoms with Crippen molar-refractivity contribution in [3.05, 3.63) is 35.1 Å². The molecule has 0 aliphatic rings. The zero-order chi connectivity index (χ0) is 11.1. The Morgan fingerprint density at radius 2 is 2.27 bits per heavy atom. The Hall–Kier alpha value is -1.84. The SMILES string of the molecule is CNCC#Cc1ccc(CC#N)c(F)c1. The maximum absolute atomic E-state index is 13.3. The summed E-state index contributed by atoms with van der Waals surface area (Å²) < 4.78 is 13.3. The first-order chi connectivity index (χ1) is 7.27. The first-order valence-corrected chi connectivity index (χ1v) is 4.56. The van der Waals surface area contributed by atoms with Crippen molar-refractivity contribution in [2.45, 2.75) is 6.42 Å². The highest BCUT2D eigenvalue weighted by molar-refractivity contribution is 5.37. The van der Waals surface area contributed by atoms with E-state index in [0.29, 0.717) is 17.7 Å². The summed E-state index contributed by atoms with van der Waals surface area (Å²) in [6, 6.07) is 6.59. The molecule has 2 nitrogen and oxygen atoms in total. The van der Waals surface area contributed by atoms with Crippen LogP contribution in [-0.4, -0.2) is 13.6 Å². The summed E-state index contributed by atoms with van der Waals surface area (Å²) in [7, 11) is 1.80. The van der Waals surface area contributed by atoms with Gasteiger partial charge in [0.2, 0.25) is 0 Å². The molecular weight excluding hydrogens is 191 g/mol. The standard InChI is InChI=1S/C12H11FN2/c1-15-8-2-3-10-4-5-11(6-7-14)12(13)9-10/h4-5,9,15H,6,8H2,1H3. The molecule has 1 aromatic carbocycles. The average Bonchev–Trinajstić information content (AvgIpc) is 2.23. The Labute approximate surface area is 88.7 Å². The van der Waals surface area contributed by atoms with Gasteiger partial charge in [0.25, 0.3) is 0 Å². The number of nitrogens with zero attached hydrogens (tertiary/aromatic N) is 1. The summed E-state index contributed by atoms with van der Waals surface area (Å²) >= 11 is 0. The minimum Gasteiger partial charge on any atom is -0.309 e. The van der Waals surface area contributed by atoms with Gasteiger partial charge in [-0.2, -0.15) is 5.26 Å². The molecule has 0 bridgehead atoms. The topological polar surface area (TPSA) is 35.8 Å². The van der Waals surface area contributed by atoms with Crippen LogP contribution in [0.4, 0.5) is 4.39 Å². The molecule has 0 saturated heterocycles. The number of nitrogens with one attached hydrogen (secondary N) is 1. The second-order valence-corrected chi connectivity index (χ2v) is 2.97. The molecule has 0 saturated carbocycles. The number of hydrogen-bond acceptors (Lipinski definition) is 2. The van der Waals surface area contributed by atoms with Gasteiger partial charge in [-0.15, -0.1) is 0 Å². The van der Waals surface area contributed by atoms with Gasteiger partial charge in [0.15, 0.2) is 0 Å². The number of halogens is 1. The molecule has 0 aromatic heterocycles. The number of hydrogen-bond donors (Lipinski definition) is 1. The molecule has 0 fully saturated rings. The number of rotatable bonds is 2. The largest absolute Gasteiger partial charge is 0.309 e. The summed E-state index contributed by atoms with van der Waals surface area (Å²) in [4.78, 5) is 0. The van der Waals surface area contributed by atoms with Crippen LogP contribution in [0.3, 0.4) is 0 Å². The number of nitriles is 1. The second kappa shape index (κ2) is 5.80. The van der Waals surface area contributed by atoms with E-state index in [4.69, 9.17) is 5.26 Å². The Bertz CT molecular complexity index is 435. The van der Waals surface area contributed by atoms with Crippen LogP contribution < -0.4 is 5.32 Å². The van der Waals surface area contributed by atoms with Crippen LogP contribution in [-0.2, 0) is 6.42 Å². The van der Waals surface area contributed by atoms with Crippen LogP contribution in [0.15, 0.2) is 18.2 Å². The number of benzene rings is 1. The molecule has 1 N–H and O–H groups in total. The van der Waals surface area contributed by atoms with Crippen LogP contribution >= 0.6 is 0 Å². The molecule has 3 heteroatoms. The van der Waals surface area contributed by atoms with Crippen LogP contribution in [0.2, 0.25) is 0 Å². The van der Waals surface area contributed by atoms with Crippen LogP contribution in [0.1, 0.15) is 11.1 Å². The van der Waals surface area contributed by atoms with E-state index in [-0.39, 0.29) is 12.2 Å². The fraction of sp³-hybridized carbons (Fsp3) is 0.250. The molecule has 1 rings (SSSR count). The quantitative estimate of drug-likeness (QED) is 0.737. The monoisotopic (exact) mass is 202 g/mol. The molecule has 0 heterocycles. The summed E-state index contributed by atoms with van der Waals surface area (Å²) in [5.41, 5.74) is 1.04. The Kier molecular flexibility index (Phi) is 4.34. The predicted molar refractivity (Wildman–Crippen MR) is 56.5 cm³/mol. The zero-order valence-electron chi connectivity index (χ0n) is 8.47. The molecule has 0 aliphatic heterocycles. The van der Waals surface area contributed by atoms with E-state index in [1.165, 1.54) is 6.07 Å². The van der Waals surface area contributed by atoms with Crippen molar-refractivity contribution in [1.29, 1.82) is 5.26 Å². The average molecular weight is 202 g/mol. The van der Waals surface area contributed by atoms with Crippen molar-refractivity contribution in [1.82, 2.24) is 5.32 Å². The first kappa shape index (κ1) is 11.2. The lowest BCUT2D eigenvalue weighted by Crippen LogP contribution is -2.04. The third kappa shape index (κ3) is 3.42. The Balaban J connectivity index is 2.84. The van der Waals surface area contributed by atoms with E-state index in [1.807, 2.05) is 6.07 Å². The van der Waals surface area contributed by atoms with Gasteiger partial charge in [-0.25, -0.2) is 4.39 Å². The van der Waals surface area contributed by atoms with Crippen molar-refractivity contribution < 1.29 is 4.39 Å². The molecule has 0 radical (unpaired) electrons. The van der Waals surface area contributed by atoms with Crippen molar-refractivity contribution in [2.24, 2.45) is 0 Å². The summed E-state index contributed by atoms with van der Waals surface area (Å²) in [6.45, 7) is 0.571. The summed E-state index contributed by atoms with van der Waals surface area (Å²) in [6.07, 6.45) is 0.0933. The molecule has 0 unspecified atom stereocenters. The van der Waals surface area contributed by atoms with Crippen molar-refractivity contribution in [3.63, 3.8) is 0 Å².